The molecule has 0 saturated heterocycles. The van der Waals surface area contributed by atoms with Crippen molar-refractivity contribution in [1.82, 2.24) is 9.29 Å². The number of hydrogen-bond acceptors (Lipinski definition) is 4. The van der Waals surface area contributed by atoms with E-state index in [0.717, 1.165) is 27.5 Å². The van der Waals surface area contributed by atoms with Gasteiger partial charge in [-0.3, -0.25) is 4.79 Å². The van der Waals surface area contributed by atoms with Crippen LogP contribution in [0.5, 0.6) is 0 Å². The van der Waals surface area contributed by atoms with Crippen molar-refractivity contribution in [3.05, 3.63) is 78.0 Å². The molecule has 0 spiro atoms. The highest BCUT2D eigenvalue weighted by Gasteiger charge is 2.42. The van der Waals surface area contributed by atoms with Crippen molar-refractivity contribution in [2.24, 2.45) is 0 Å². The molecule has 30 heavy (non-hydrogen) atoms. The Morgan fingerprint density at radius 3 is 2.50 bits per heavy atom. The zero-order chi connectivity index (χ0) is 20.9. The van der Waals surface area contributed by atoms with Crippen LogP contribution in [0.2, 0.25) is 0 Å². The van der Waals surface area contributed by atoms with Gasteiger partial charge in [-0.2, -0.15) is 4.31 Å². The number of carbonyl (C=O) groups is 1. The number of aromatic nitrogens is 1. The average Bonchev–Trinajstić information content (AvgIpc) is 3.15. The van der Waals surface area contributed by atoms with E-state index in [9.17, 15) is 13.2 Å². The molecule has 0 amide bonds. The fourth-order valence-electron chi connectivity index (χ4n) is 4.32. The summed E-state index contributed by atoms with van der Waals surface area (Å²) in [5.74, 6) is -0.560. The number of carbonyl (C=O) groups excluding carboxylic acids is 1. The molecule has 2 heterocycles. The maximum absolute atomic E-state index is 13.8. The van der Waals surface area contributed by atoms with E-state index < -0.39 is 22.0 Å². The Bertz CT molecular complexity index is 1390. The number of aromatic amines is 1. The van der Waals surface area contributed by atoms with Gasteiger partial charge in [0.05, 0.1) is 18.6 Å². The van der Waals surface area contributed by atoms with Gasteiger partial charge in [0.1, 0.15) is 6.04 Å². The first-order valence-corrected chi connectivity index (χ1v) is 11.1. The third kappa shape index (κ3) is 2.81. The lowest BCUT2D eigenvalue weighted by Crippen LogP contribution is -2.49. The van der Waals surface area contributed by atoms with Crippen molar-refractivity contribution in [2.75, 3.05) is 7.11 Å². The number of benzene rings is 3. The van der Waals surface area contributed by atoms with Crippen LogP contribution in [-0.2, 0) is 32.5 Å². The molecule has 1 unspecified atom stereocenters. The molecule has 152 valence electrons. The molecule has 1 aromatic heterocycles. The molecule has 0 radical (unpaired) electrons. The van der Waals surface area contributed by atoms with Crippen molar-refractivity contribution in [2.45, 2.75) is 23.9 Å². The summed E-state index contributed by atoms with van der Waals surface area (Å²) in [6.45, 7) is 0.0787. The molecule has 1 aliphatic heterocycles. The highest BCUT2D eigenvalue weighted by atomic mass is 32.2. The Morgan fingerprint density at radius 1 is 1.00 bits per heavy atom. The molecule has 4 aromatic rings. The number of H-pyrrole nitrogens is 1. The summed E-state index contributed by atoms with van der Waals surface area (Å²) >= 11 is 0. The Balaban J connectivity index is 1.68. The predicted octanol–water partition coefficient (Wildman–Crippen LogP) is 3.61. The Hall–Kier alpha value is -3.16. The Morgan fingerprint density at radius 2 is 1.70 bits per heavy atom. The molecule has 6 nitrogen and oxygen atoms in total. The summed E-state index contributed by atoms with van der Waals surface area (Å²) in [6, 6.07) is 19.4. The first-order chi connectivity index (χ1) is 14.5. The fraction of sp³-hybridized carbons (Fsp3) is 0.174. The van der Waals surface area contributed by atoms with E-state index in [1.54, 1.807) is 18.2 Å². The number of methoxy groups -OCH3 is 1. The van der Waals surface area contributed by atoms with Gasteiger partial charge in [-0.05, 0) is 23.1 Å². The number of rotatable bonds is 3. The number of sulfonamides is 1. The number of hydrogen-bond donors (Lipinski definition) is 1. The zero-order valence-electron chi connectivity index (χ0n) is 16.3. The highest BCUT2D eigenvalue weighted by Crippen LogP contribution is 2.35. The third-order valence-corrected chi connectivity index (χ3v) is 7.68. The van der Waals surface area contributed by atoms with Gasteiger partial charge in [0, 0.05) is 28.4 Å². The number of para-hydroxylation sites is 1. The Labute approximate surface area is 174 Å². The molecule has 1 N–H and O–H groups in total. The Kier molecular flexibility index (Phi) is 4.38. The van der Waals surface area contributed by atoms with Gasteiger partial charge in [-0.1, -0.05) is 54.6 Å². The highest BCUT2D eigenvalue weighted by molar-refractivity contribution is 7.89. The maximum Gasteiger partial charge on any atom is 0.324 e. The van der Waals surface area contributed by atoms with Gasteiger partial charge in [0.15, 0.2) is 0 Å². The fourth-order valence-corrected chi connectivity index (χ4v) is 6.08. The van der Waals surface area contributed by atoms with Crippen LogP contribution in [0.4, 0.5) is 0 Å². The van der Waals surface area contributed by atoms with Crippen LogP contribution in [0.25, 0.3) is 21.7 Å². The second-order valence-electron chi connectivity index (χ2n) is 7.40. The summed E-state index contributed by atoms with van der Waals surface area (Å²) in [5, 5.41) is 2.46. The predicted molar refractivity (Wildman–Crippen MR) is 114 cm³/mol. The summed E-state index contributed by atoms with van der Waals surface area (Å²) in [6.07, 6.45) is 0.260. The largest absolute Gasteiger partial charge is 0.468 e. The number of fused-ring (bicyclic) bond motifs is 4. The molecule has 0 aliphatic carbocycles. The van der Waals surface area contributed by atoms with Crippen LogP contribution in [-0.4, -0.2) is 36.8 Å². The van der Waals surface area contributed by atoms with Crippen molar-refractivity contribution >= 4 is 37.7 Å². The molecule has 5 rings (SSSR count). The number of esters is 1. The van der Waals surface area contributed by atoms with Crippen LogP contribution in [0.15, 0.2) is 71.6 Å². The van der Waals surface area contributed by atoms with E-state index in [2.05, 4.69) is 4.98 Å². The van der Waals surface area contributed by atoms with Crippen LogP contribution >= 0.6 is 0 Å². The minimum atomic E-state index is -3.96. The standard InChI is InChI=1S/C23H20N2O4S/c1-29-23(26)21-13-18-17-10-4-5-11-19(17)24-20(18)14-25(21)30(27,28)22-12-6-8-15-7-2-3-9-16(15)22/h2-12,21,24H,13-14H2,1H3. The molecule has 1 atom stereocenters. The molecule has 3 aromatic carbocycles. The van der Waals surface area contributed by atoms with E-state index in [1.165, 1.54) is 11.4 Å². The van der Waals surface area contributed by atoms with E-state index in [4.69, 9.17) is 4.74 Å². The van der Waals surface area contributed by atoms with Crippen molar-refractivity contribution in [3.63, 3.8) is 0 Å². The van der Waals surface area contributed by atoms with Gasteiger partial charge in [0.25, 0.3) is 0 Å². The van der Waals surface area contributed by atoms with Gasteiger partial charge in [-0.25, -0.2) is 8.42 Å². The molecule has 0 bridgehead atoms. The van der Waals surface area contributed by atoms with Gasteiger partial charge < -0.3 is 9.72 Å². The van der Waals surface area contributed by atoms with Gasteiger partial charge in [-0.15, -0.1) is 0 Å². The van der Waals surface area contributed by atoms with E-state index in [-0.39, 0.29) is 17.9 Å². The maximum atomic E-state index is 13.8. The summed E-state index contributed by atoms with van der Waals surface area (Å²) in [5.41, 5.74) is 2.70. The normalized spacial score (nSPS) is 17.2. The molecular formula is C23H20N2O4S. The van der Waals surface area contributed by atoms with Crippen molar-refractivity contribution in [3.8, 4) is 0 Å². The lowest BCUT2D eigenvalue weighted by atomic mass is 9.98. The lowest BCUT2D eigenvalue weighted by Gasteiger charge is -2.33. The van der Waals surface area contributed by atoms with E-state index >= 15 is 0 Å². The van der Waals surface area contributed by atoms with Gasteiger partial charge >= 0.3 is 5.97 Å². The van der Waals surface area contributed by atoms with Crippen molar-refractivity contribution in [1.29, 1.82) is 0 Å². The number of nitrogens with one attached hydrogen (secondary N) is 1. The molecule has 0 fully saturated rings. The van der Waals surface area contributed by atoms with E-state index in [0.29, 0.717) is 5.39 Å². The quantitative estimate of drug-likeness (QED) is 0.514. The second kappa shape index (κ2) is 6.97. The molecule has 0 saturated carbocycles. The smallest absolute Gasteiger partial charge is 0.324 e. The van der Waals surface area contributed by atoms with Gasteiger partial charge in [0.2, 0.25) is 10.0 Å². The van der Waals surface area contributed by atoms with Crippen LogP contribution in [0, 0.1) is 0 Å². The van der Waals surface area contributed by atoms with E-state index in [1.807, 2.05) is 48.5 Å². The minimum Gasteiger partial charge on any atom is -0.468 e. The molecule has 7 heteroatoms. The zero-order valence-corrected chi connectivity index (χ0v) is 17.1. The number of ether oxygens (including phenoxy) is 1. The second-order valence-corrected chi connectivity index (χ2v) is 9.26. The summed E-state index contributed by atoms with van der Waals surface area (Å²) < 4.78 is 33.8. The lowest BCUT2D eigenvalue weighted by molar-refractivity contribution is -0.145. The topological polar surface area (TPSA) is 79.5 Å². The minimum absolute atomic E-state index is 0.0787. The first kappa shape index (κ1) is 18.8. The average molecular weight is 420 g/mol. The van der Waals surface area contributed by atoms with Crippen molar-refractivity contribution < 1.29 is 17.9 Å². The van der Waals surface area contributed by atoms with Crippen LogP contribution < -0.4 is 0 Å². The SMILES string of the molecule is COC(=O)C1Cc2c([nH]c3ccccc23)CN1S(=O)(=O)c1cccc2ccccc12. The third-order valence-electron chi connectivity index (χ3n) is 5.77. The van der Waals surface area contributed by atoms with Crippen LogP contribution in [0.3, 0.4) is 0 Å². The summed E-state index contributed by atoms with van der Waals surface area (Å²) in [4.78, 5) is 16.2. The monoisotopic (exact) mass is 420 g/mol. The molecular weight excluding hydrogens is 400 g/mol. The number of nitrogens with zero attached hydrogens (tertiary/aromatic N) is 1. The van der Waals surface area contributed by atoms with Crippen LogP contribution in [0.1, 0.15) is 11.3 Å². The molecule has 1 aliphatic rings. The first-order valence-electron chi connectivity index (χ1n) is 9.66. The summed E-state index contributed by atoms with van der Waals surface area (Å²) in [7, 11) is -2.67.